The van der Waals surface area contributed by atoms with E-state index in [-0.39, 0.29) is 23.7 Å². The summed E-state index contributed by atoms with van der Waals surface area (Å²) in [4.78, 5) is 47.6. The molecular weight excluding hydrogens is 442 g/mol. The van der Waals surface area contributed by atoms with E-state index in [2.05, 4.69) is 16.0 Å². The molecule has 0 aliphatic rings. The molecule has 0 aliphatic carbocycles. The third-order valence-electron chi connectivity index (χ3n) is 4.54. The number of anilines is 3. The number of carbonyl (C=O) groups is 2. The normalized spacial score (nSPS) is 11.8. The van der Waals surface area contributed by atoms with Crippen LogP contribution in [0.3, 0.4) is 0 Å². The van der Waals surface area contributed by atoms with Gasteiger partial charge in [-0.3, -0.25) is 14.4 Å². The highest BCUT2D eigenvalue weighted by Crippen LogP contribution is 2.26. The van der Waals surface area contributed by atoms with Gasteiger partial charge in [-0.15, -0.1) is 11.3 Å². The minimum absolute atomic E-state index is 0.00328. The largest absolute Gasteiger partial charge is 0.480 e. The summed E-state index contributed by atoms with van der Waals surface area (Å²) in [7, 11) is 0. The number of hydrogen-bond donors (Lipinski definition) is 4. The summed E-state index contributed by atoms with van der Waals surface area (Å²) in [5.74, 6) is -1.47. The highest BCUT2D eigenvalue weighted by Gasteiger charge is 2.26. The molecule has 0 fully saturated rings. The van der Waals surface area contributed by atoms with Gasteiger partial charge in [-0.2, -0.15) is 0 Å². The summed E-state index contributed by atoms with van der Waals surface area (Å²) in [6.07, 6.45) is 0.809. The Kier molecular flexibility index (Phi) is 7.09. The van der Waals surface area contributed by atoms with Crippen LogP contribution in [0.15, 0.2) is 46.0 Å². The van der Waals surface area contributed by atoms with Crippen LogP contribution in [0.25, 0.3) is 0 Å². The first-order valence-electron chi connectivity index (χ1n) is 9.52. The van der Waals surface area contributed by atoms with E-state index in [1.807, 2.05) is 6.92 Å². The minimum atomic E-state index is -1.16. The van der Waals surface area contributed by atoms with Crippen molar-refractivity contribution in [3.8, 4) is 0 Å². The zero-order valence-electron chi connectivity index (χ0n) is 16.5. The number of halogens is 1. The number of nitrogens with one attached hydrogen (secondary N) is 3. The molecule has 3 aromatic rings. The third kappa shape index (κ3) is 5.31. The van der Waals surface area contributed by atoms with Gasteiger partial charge < -0.3 is 21.1 Å². The van der Waals surface area contributed by atoms with Crippen LogP contribution in [0.4, 0.5) is 16.4 Å². The number of amides is 1. The van der Waals surface area contributed by atoms with E-state index in [9.17, 15) is 24.3 Å². The van der Waals surface area contributed by atoms with Crippen LogP contribution in [0.5, 0.6) is 0 Å². The monoisotopic (exact) mass is 461 g/mol. The Morgan fingerprint density at radius 1 is 1.06 bits per heavy atom. The summed E-state index contributed by atoms with van der Waals surface area (Å²) in [6.45, 7) is 2.41. The lowest BCUT2D eigenvalue weighted by Crippen LogP contribution is -2.42. The maximum Gasteiger partial charge on any atom is 0.326 e. The van der Waals surface area contributed by atoms with Crippen LogP contribution in [0.1, 0.15) is 29.3 Å². The van der Waals surface area contributed by atoms with Crippen molar-refractivity contribution in [1.29, 1.82) is 0 Å². The van der Waals surface area contributed by atoms with Crippen molar-refractivity contribution >= 4 is 51.2 Å². The van der Waals surface area contributed by atoms with Crippen molar-refractivity contribution in [3.63, 3.8) is 0 Å². The molecule has 10 heteroatoms. The lowest BCUT2D eigenvalue weighted by Gasteiger charge is -2.19. The Labute approximate surface area is 186 Å². The van der Waals surface area contributed by atoms with Gasteiger partial charge in [0.2, 0.25) is 0 Å². The molecule has 8 nitrogen and oxygen atoms in total. The van der Waals surface area contributed by atoms with Crippen molar-refractivity contribution in [2.24, 2.45) is 0 Å². The number of carboxylic acid groups (broad SMARTS) is 1. The zero-order valence-corrected chi connectivity index (χ0v) is 18.1. The van der Waals surface area contributed by atoms with Gasteiger partial charge in [-0.1, -0.05) is 30.7 Å². The maximum atomic E-state index is 12.3. The average Bonchev–Trinajstić information content (AvgIpc) is 3.16. The molecule has 0 bridgehead atoms. The van der Waals surface area contributed by atoms with Crippen LogP contribution in [-0.4, -0.2) is 29.6 Å². The van der Waals surface area contributed by atoms with Gasteiger partial charge in [0, 0.05) is 18.5 Å². The molecule has 162 valence electrons. The highest BCUT2D eigenvalue weighted by atomic mass is 35.5. The number of rotatable bonds is 10. The van der Waals surface area contributed by atoms with Crippen LogP contribution >= 0.6 is 22.9 Å². The number of benzene rings is 1. The van der Waals surface area contributed by atoms with Gasteiger partial charge in [0.25, 0.3) is 16.8 Å². The minimum Gasteiger partial charge on any atom is -0.480 e. The molecule has 1 heterocycles. The first kappa shape index (κ1) is 22.5. The first-order chi connectivity index (χ1) is 14.8. The molecule has 0 spiro atoms. The second-order valence-electron chi connectivity index (χ2n) is 6.83. The molecule has 3 rings (SSSR count). The summed E-state index contributed by atoms with van der Waals surface area (Å²) in [6, 6.07) is 8.74. The van der Waals surface area contributed by atoms with Gasteiger partial charge in [0.15, 0.2) is 0 Å². The van der Waals surface area contributed by atoms with E-state index in [1.54, 1.807) is 36.4 Å². The second kappa shape index (κ2) is 9.76. The van der Waals surface area contributed by atoms with Gasteiger partial charge in [-0.05, 0) is 36.2 Å². The lowest BCUT2D eigenvalue weighted by molar-refractivity contribution is -0.137. The van der Waals surface area contributed by atoms with Crippen molar-refractivity contribution < 1.29 is 14.7 Å². The smallest absolute Gasteiger partial charge is 0.326 e. The van der Waals surface area contributed by atoms with Crippen molar-refractivity contribution in [1.82, 2.24) is 0 Å². The van der Waals surface area contributed by atoms with Crippen molar-refractivity contribution in [2.75, 3.05) is 22.5 Å². The van der Waals surface area contributed by atoms with Gasteiger partial charge in [0.1, 0.15) is 17.4 Å². The van der Waals surface area contributed by atoms with Crippen molar-refractivity contribution in [3.05, 3.63) is 72.3 Å². The molecule has 0 saturated heterocycles. The van der Waals surface area contributed by atoms with E-state index in [0.29, 0.717) is 27.0 Å². The molecule has 0 saturated carbocycles. The van der Waals surface area contributed by atoms with E-state index in [1.165, 1.54) is 11.3 Å². The standard InChI is InChI=1S/C21H20ClN3O5S/c1-2-9-23-16-17(19(27)18(16)26)24-13(21(29)30)10-11-3-5-12(6-4-11)20(28)25-15-8-7-14(22)31-15/h3-8,13,23-24H,2,9-10H2,1H3,(H,25,28)(H,29,30)/t13-/m0/s1. The highest BCUT2D eigenvalue weighted by molar-refractivity contribution is 7.20. The quantitative estimate of drug-likeness (QED) is 0.342. The number of thiophene rings is 1. The third-order valence-corrected chi connectivity index (χ3v) is 5.69. The fourth-order valence-electron chi connectivity index (χ4n) is 2.92. The fraction of sp³-hybridized carbons (Fsp3) is 0.238. The predicted octanol–water partition coefficient (Wildman–Crippen LogP) is 3.18. The molecule has 1 aromatic heterocycles. The second-order valence-corrected chi connectivity index (χ2v) is 8.54. The first-order valence-corrected chi connectivity index (χ1v) is 10.7. The van der Waals surface area contributed by atoms with Gasteiger partial charge in [0.05, 0.1) is 9.34 Å². The molecule has 0 radical (unpaired) electrons. The number of carbonyl (C=O) groups excluding carboxylic acids is 1. The fourth-order valence-corrected chi connectivity index (χ4v) is 3.85. The van der Waals surface area contributed by atoms with Crippen LogP contribution in [-0.2, 0) is 11.2 Å². The maximum absolute atomic E-state index is 12.3. The Morgan fingerprint density at radius 3 is 2.32 bits per heavy atom. The van der Waals surface area contributed by atoms with Gasteiger partial charge >= 0.3 is 5.97 Å². The number of hydrogen-bond acceptors (Lipinski definition) is 7. The van der Waals surface area contributed by atoms with Gasteiger partial charge in [-0.25, -0.2) is 4.79 Å². The molecule has 31 heavy (non-hydrogen) atoms. The van der Waals surface area contributed by atoms with E-state index in [0.717, 1.165) is 6.42 Å². The average molecular weight is 462 g/mol. The Bertz CT molecular complexity index is 1160. The predicted molar refractivity (Wildman–Crippen MR) is 123 cm³/mol. The lowest BCUT2D eigenvalue weighted by atomic mass is 10.0. The Hall–Kier alpha value is -3.17. The molecule has 0 unspecified atom stereocenters. The number of aliphatic carboxylic acids is 1. The van der Waals surface area contributed by atoms with Crippen LogP contribution in [0.2, 0.25) is 4.34 Å². The SMILES string of the molecule is CCCNc1c(N[C@@H](Cc2ccc(C(=O)Nc3ccc(Cl)s3)cc2)C(=O)O)c(=O)c1=O. The molecule has 0 aliphatic heterocycles. The summed E-state index contributed by atoms with van der Waals surface area (Å²) < 4.78 is 0.563. The Balaban J connectivity index is 1.67. The summed E-state index contributed by atoms with van der Waals surface area (Å²) >= 11 is 7.10. The summed E-state index contributed by atoms with van der Waals surface area (Å²) in [5.41, 5.74) is -0.206. The Morgan fingerprint density at radius 2 is 1.74 bits per heavy atom. The van der Waals surface area contributed by atoms with E-state index in [4.69, 9.17) is 11.6 Å². The molecular formula is C21H20ClN3O5S. The summed E-state index contributed by atoms with van der Waals surface area (Å²) in [5, 5.41) is 18.4. The molecule has 1 amide bonds. The van der Waals surface area contributed by atoms with E-state index < -0.39 is 22.9 Å². The topological polar surface area (TPSA) is 125 Å². The number of carboxylic acids is 1. The van der Waals surface area contributed by atoms with Crippen LogP contribution in [0, 0.1) is 0 Å². The van der Waals surface area contributed by atoms with E-state index >= 15 is 0 Å². The molecule has 2 aromatic carbocycles. The van der Waals surface area contributed by atoms with Crippen molar-refractivity contribution in [2.45, 2.75) is 25.8 Å². The zero-order chi connectivity index (χ0) is 22.5. The molecule has 1 atom stereocenters. The van der Waals surface area contributed by atoms with Crippen LogP contribution < -0.4 is 26.8 Å². The molecule has 4 N–H and O–H groups in total.